The molecule has 6 heteroatoms. The van der Waals surface area contributed by atoms with Crippen LogP contribution in [0.15, 0.2) is 54.6 Å². The quantitative estimate of drug-likeness (QED) is 0.738. The maximum absolute atomic E-state index is 12.8. The van der Waals surface area contributed by atoms with Crippen LogP contribution in [0.3, 0.4) is 0 Å². The van der Waals surface area contributed by atoms with E-state index in [9.17, 15) is 9.59 Å². The van der Waals surface area contributed by atoms with Gasteiger partial charge in [0.05, 0.1) is 6.04 Å². The molecule has 4 rings (SSSR count). The summed E-state index contributed by atoms with van der Waals surface area (Å²) in [5.41, 5.74) is 2.37. The van der Waals surface area contributed by atoms with E-state index in [4.69, 9.17) is 4.74 Å². The number of nitrogens with one attached hydrogen (secondary N) is 2. The van der Waals surface area contributed by atoms with E-state index in [1.54, 1.807) is 24.3 Å². The zero-order valence-corrected chi connectivity index (χ0v) is 17.2. The first kappa shape index (κ1) is 20.6. The molecule has 0 unspecified atom stereocenters. The van der Waals surface area contributed by atoms with Gasteiger partial charge >= 0.3 is 0 Å². The van der Waals surface area contributed by atoms with E-state index in [0.29, 0.717) is 24.4 Å². The van der Waals surface area contributed by atoms with Gasteiger partial charge in [-0.05, 0) is 62.5 Å². The van der Waals surface area contributed by atoms with Crippen molar-refractivity contribution >= 4 is 17.5 Å². The first-order valence-electron chi connectivity index (χ1n) is 10.8. The second kappa shape index (κ2) is 9.87. The maximum Gasteiger partial charge on any atom is 0.253 e. The van der Waals surface area contributed by atoms with Crippen molar-refractivity contribution in [2.75, 3.05) is 31.6 Å². The predicted molar refractivity (Wildman–Crippen MR) is 116 cm³/mol. The Morgan fingerprint density at radius 3 is 2.57 bits per heavy atom. The third-order valence-electron chi connectivity index (χ3n) is 5.84. The molecule has 0 saturated carbocycles. The van der Waals surface area contributed by atoms with E-state index < -0.39 is 6.10 Å². The summed E-state index contributed by atoms with van der Waals surface area (Å²) < 4.78 is 5.42. The normalized spacial score (nSPS) is 20.1. The van der Waals surface area contributed by atoms with Gasteiger partial charge in [-0.3, -0.25) is 14.5 Å². The van der Waals surface area contributed by atoms with Gasteiger partial charge in [0.25, 0.3) is 11.8 Å². The fourth-order valence-electron chi connectivity index (χ4n) is 4.22. The van der Waals surface area contributed by atoms with Crippen LogP contribution in [0.25, 0.3) is 0 Å². The highest BCUT2D eigenvalue weighted by molar-refractivity contribution is 5.98. The minimum absolute atomic E-state index is 0.136. The topological polar surface area (TPSA) is 70.7 Å². The molecule has 2 aliphatic heterocycles. The molecule has 6 nitrogen and oxygen atoms in total. The van der Waals surface area contributed by atoms with Crippen molar-refractivity contribution in [2.24, 2.45) is 0 Å². The maximum atomic E-state index is 12.8. The standard InChI is InChI=1S/C24H29N3O3/c28-23(19-10-6-11-20(16-19)26-24(29)22-12-7-15-30-22)25-17-21(27-13-4-5-14-27)18-8-2-1-3-9-18/h1-3,6,8-11,16,21-22H,4-5,7,12-15,17H2,(H,25,28)(H,26,29)/t21-,22+/m1/s1. The number of hydrogen-bond donors (Lipinski definition) is 2. The second-order valence-corrected chi connectivity index (χ2v) is 7.95. The number of anilines is 1. The highest BCUT2D eigenvalue weighted by Crippen LogP contribution is 2.24. The fourth-order valence-corrected chi connectivity index (χ4v) is 4.22. The number of ether oxygens (including phenoxy) is 1. The Balaban J connectivity index is 1.39. The van der Waals surface area contributed by atoms with E-state index in [2.05, 4.69) is 27.7 Å². The van der Waals surface area contributed by atoms with Crippen LogP contribution in [-0.2, 0) is 9.53 Å². The van der Waals surface area contributed by atoms with E-state index >= 15 is 0 Å². The van der Waals surface area contributed by atoms with Crippen LogP contribution in [0.1, 0.15) is 47.6 Å². The molecule has 2 saturated heterocycles. The molecule has 158 valence electrons. The number of carbonyl (C=O) groups excluding carboxylic acids is 2. The van der Waals surface area contributed by atoms with Crippen LogP contribution in [0.2, 0.25) is 0 Å². The van der Waals surface area contributed by atoms with Crippen molar-refractivity contribution in [1.82, 2.24) is 10.2 Å². The minimum atomic E-state index is -0.394. The Bertz CT molecular complexity index is 859. The van der Waals surface area contributed by atoms with Gasteiger partial charge in [0.15, 0.2) is 0 Å². The molecule has 0 radical (unpaired) electrons. The van der Waals surface area contributed by atoms with Gasteiger partial charge in [-0.15, -0.1) is 0 Å². The van der Waals surface area contributed by atoms with E-state index in [1.807, 2.05) is 18.2 Å². The molecule has 0 spiro atoms. The summed E-state index contributed by atoms with van der Waals surface area (Å²) in [6.07, 6.45) is 3.64. The van der Waals surface area contributed by atoms with Crippen LogP contribution in [0.5, 0.6) is 0 Å². The highest BCUT2D eigenvalue weighted by atomic mass is 16.5. The zero-order valence-electron chi connectivity index (χ0n) is 17.2. The van der Waals surface area contributed by atoms with Crippen LogP contribution in [-0.4, -0.2) is 49.1 Å². The second-order valence-electron chi connectivity index (χ2n) is 7.95. The average molecular weight is 408 g/mol. The van der Waals surface area contributed by atoms with Crippen LogP contribution < -0.4 is 10.6 Å². The molecule has 2 aromatic rings. The summed E-state index contributed by atoms with van der Waals surface area (Å²) in [6.45, 7) is 3.29. The minimum Gasteiger partial charge on any atom is -0.368 e. The van der Waals surface area contributed by atoms with Gasteiger partial charge in [-0.25, -0.2) is 0 Å². The number of benzene rings is 2. The summed E-state index contributed by atoms with van der Waals surface area (Å²) >= 11 is 0. The van der Waals surface area contributed by atoms with Crippen LogP contribution >= 0.6 is 0 Å². The lowest BCUT2D eigenvalue weighted by Crippen LogP contribution is -2.36. The molecular formula is C24H29N3O3. The van der Waals surface area contributed by atoms with Crippen LogP contribution in [0.4, 0.5) is 5.69 Å². The number of rotatable bonds is 7. The Morgan fingerprint density at radius 2 is 1.83 bits per heavy atom. The first-order chi connectivity index (χ1) is 14.7. The highest BCUT2D eigenvalue weighted by Gasteiger charge is 2.25. The summed E-state index contributed by atoms with van der Waals surface area (Å²) in [6, 6.07) is 17.6. The molecule has 30 heavy (non-hydrogen) atoms. The largest absolute Gasteiger partial charge is 0.368 e. The van der Waals surface area contributed by atoms with Crippen molar-refractivity contribution in [1.29, 1.82) is 0 Å². The lowest BCUT2D eigenvalue weighted by molar-refractivity contribution is -0.124. The molecule has 2 N–H and O–H groups in total. The van der Waals surface area contributed by atoms with Crippen molar-refractivity contribution in [3.05, 3.63) is 65.7 Å². The smallest absolute Gasteiger partial charge is 0.253 e. The molecule has 2 aromatic carbocycles. The number of carbonyl (C=O) groups is 2. The molecule has 0 bridgehead atoms. The van der Waals surface area contributed by atoms with Crippen molar-refractivity contribution in [3.8, 4) is 0 Å². The molecule has 2 heterocycles. The van der Waals surface area contributed by atoms with Gasteiger partial charge in [-0.1, -0.05) is 36.4 Å². The number of amides is 2. The van der Waals surface area contributed by atoms with E-state index in [-0.39, 0.29) is 17.9 Å². The number of likely N-dealkylation sites (tertiary alicyclic amines) is 1. The summed E-state index contributed by atoms with van der Waals surface area (Å²) in [5, 5.41) is 5.95. The Morgan fingerprint density at radius 1 is 1.03 bits per heavy atom. The monoisotopic (exact) mass is 407 g/mol. The number of hydrogen-bond acceptors (Lipinski definition) is 4. The zero-order chi connectivity index (χ0) is 20.8. The predicted octanol–water partition coefficient (Wildman–Crippen LogP) is 3.37. The van der Waals surface area contributed by atoms with E-state index in [0.717, 1.165) is 25.9 Å². The van der Waals surface area contributed by atoms with Gasteiger partial charge in [0.1, 0.15) is 6.10 Å². The first-order valence-corrected chi connectivity index (χ1v) is 10.8. The van der Waals surface area contributed by atoms with Gasteiger partial charge in [0, 0.05) is 24.4 Å². The third-order valence-corrected chi connectivity index (χ3v) is 5.84. The van der Waals surface area contributed by atoms with Crippen molar-refractivity contribution in [2.45, 2.75) is 37.8 Å². The summed E-state index contributed by atoms with van der Waals surface area (Å²) in [4.78, 5) is 27.5. The molecule has 2 atom stereocenters. The summed E-state index contributed by atoms with van der Waals surface area (Å²) in [5.74, 6) is -0.286. The average Bonchev–Trinajstić information content (AvgIpc) is 3.49. The number of nitrogens with zero attached hydrogens (tertiary/aromatic N) is 1. The Kier molecular flexibility index (Phi) is 6.77. The lowest BCUT2D eigenvalue weighted by atomic mass is 10.1. The van der Waals surface area contributed by atoms with Gasteiger partial charge in [-0.2, -0.15) is 0 Å². The SMILES string of the molecule is O=C(NC[C@H](c1ccccc1)N1CCCC1)c1cccc(NC(=O)[C@@H]2CCCO2)c1. The molecule has 2 aliphatic rings. The molecule has 0 aromatic heterocycles. The van der Waals surface area contributed by atoms with Crippen LogP contribution in [0, 0.1) is 0 Å². The van der Waals surface area contributed by atoms with E-state index in [1.165, 1.54) is 18.4 Å². The fraction of sp³-hybridized carbons (Fsp3) is 0.417. The Hall–Kier alpha value is -2.70. The van der Waals surface area contributed by atoms with Gasteiger partial charge < -0.3 is 15.4 Å². The summed E-state index contributed by atoms with van der Waals surface area (Å²) in [7, 11) is 0. The van der Waals surface area contributed by atoms with Gasteiger partial charge in [0.2, 0.25) is 0 Å². The van der Waals surface area contributed by atoms with Crippen molar-refractivity contribution in [3.63, 3.8) is 0 Å². The molecule has 2 fully saturated rings. The molecule has 0 aliphatic carbocycles. The lowest BCUT2D eigenvalue weighted by Gasteiger charge is -2.28. The Labute approximate surface area is 177 Å². The molecule has 2 amide bonds. The third kappa shape index (κ3) is 5.07. The molecular weight excluding hydrogens is 378 g/mol. The van der Waals surface area contributed by atoms with Crippen molar-refractivity contribution < 1.29 is 14.3 Å².